The Kier molecular flexibility index (Phi) is 7.97. The highest BCUT2D eigenvalue weighted by molar-refractivity contribution is 6.08. The van der Waals surface area contributed by atoms with Crippen molar-refractivity contribution in [1.82, 2.24) is 0 Å². The number of nitrogens with one attached hydrogen (secondary N) is 1. The van der Waals surface area contributed by atoms with Crippen LogP contribution in [-0.2, 0) is 4.79 Å². The Bertz CT molecular complexity index is 1560. The first kappa shape index (κ1) is 26.6. The van der Waals surface area contributed by atoms with Crippen LogP contribution >= 0.6 is 0 Å². The van der Waals surface area contributed by atoms with Gasteiger partial charge in [0.15, 0.2) is 0 Å². The molecule has 0 spiro atoms. The lowest BCUT2D eigenvalue weighted by Gasteiger charge is -2.21. The van der Waals surface area contributed by atoms with Crippen LogP contribution in [0.3, 0.4) is 0 Å². The van der Waals surface area contributed by atoms with Crippen molar-refractivity contribution in [3.05, 3.63) is 125 Å². The molecule has 4 rings (SSSR count). The minimum absolute atomic E-state index is 0.0530. The van der Waals surface area contributed by atoms with Gasteiger partial charge in [0, 0.05) is 23.9 Å². The number of rotatable bonds is 8. The summed E-state index contributed by atoms with van der Waals surface area (Å²) >= 11 is 0. The van der Waals surface area contributed by atoms with Gasteiger partial charge in [0.05, 0.1) is 16.8 Å². The third-order valence-corrected chi connectivity index (χ3v) is 5.87. The van der Waals surface area contributed by atoms with Gasteiger partial charge in [-0.05, 0) is 71.8 Å². The summed E-state index contributed by atoms with van der Waals surface area (Å²) in [7, 11) is 0. The molecule has 194 valence electrons. The summed E-state index contributed by atoms with van der Waals surface area (Å²) in [6, 6.07) is 26.4. The molecule has 39 heavy (non-hydrogen) atoms. The Labute approximate surface area is 224 Å². The van der Waals surface area contributed by atoms with Crippen molar-refractivity contribution in [2.75, 3.05) is 10.2 Å². The van der Waals surface area contributed by atoms with Crippen molar-refractivity contribution in [2.45, 2.75) is 6.92 Å². The smallest absolute Gasteiger partial charge is 0.337 e. The zero-order valence-electron chi connectivity index (χ0n) is 20.9. The van der Waals surface area contributed by atoms with Crippen LogP contribution in [0.5, 0.6) is 0 Å². The van der Waals surface area contributed by atoms with Crippen molar-refractivity contribution in [1.29, 1.82) is 0 Å². The van der Waals surface area contributed by atoms with E-state index in [0.717, 1.165) is 5.56 Å². The maximum Gasteiger partial charge on any atom is 0.337 e. The zero-order chi connectivity index (χ0) is 27.9. The normalized spacial score (nSPS) is 10.7. The third-order valence-electron chi connectivity index (χ3n) is 5.87. The number of carbonyl (C=O) groups excluding carboxylic acids is 2. The number of aromatic carboxylic acids is 2. The number of carboxylic acids is 2. The van der Waals surface area contributed by atoms with Crippen LogP contribution < -0.4 is 10.2 Å². The van der Waals surface area contributed by atoms with Gasteiger partial charge < -0.3 is 15.5 Å². The molecule has 0 atom stereocenters. The Morgan fingerprint density at radius 3 is 1.77 bits per heavy atom. The molecule has 0 heterocycles. The molecule has 0 fully saturated rings. The molecule has 0 aliphatic carbocycles. The van der Waals surface area contributed by atoms with E-state index in [2.05, 4.69) is 5.32 Å². The molecule has 2 amide bonds. The summed E-state index contributed by atoms with van der Waals surface area (Å²) in [5.74, 6) is -3.07. The maximum absolute atomic E-state index is 12.9. The number of hydrogen-bond donors (Lipinski definition) is 3. The van der Waals surface area contributed by atoms with E-state index in [1.807, 2.05) is 36.4 Å². The molecule has 0 aliphatic heterocycles. The van der Waals surface area contributed by atoms with E-state index in [1.165, 1.54) is 54.3 Å². The fourth-order valence-electron chi connectivity index (χ4n) is 3.93. The minimum atomic E-state index is -1.18. The van der Waals surface area contributed by atoms with E-state index in [1.54, 1.807) is 30.3 Å². The van der Waals surface area contributed by atoms with Crippen LogP contribution in [0.2, 0.25) is 0 Å². The van der Waals surface area contributed by atoms with Crippen molar-refractivity contribution < 1.29 is 29.4 Å². The molecule has 0 aliphatic rings. The van der Waals surface area contributed by atoms with Crippen LogP contribution in [0.4, 0.5) is 17.1 Å². The zero-order valence-corrected chi connectivity index (χ0v) is 20.9. The summed E-state index contributed by atoms with van der Waals surface area (Å²) in [4.78, 5) is 49.7. The molecule has 4 aromatic rings. The molecule has 0 aromatic heterocycles. The summed E-state index contributed by atoms with van der Waals surface area (Å²) < 4.78 is 0. The first-order valence-corrected chi connectivity index (χ1v) is 11.9. The lowest BCUT2D eigenvalue weighted by Crippen LogP contribution is -2.23. The van der Waals surface area contributed by atoms with E-state index >= 15 is 0 Å². The first-order valence-electron chi connectivity index (χ1n) is 11.9. The van der Waals surface area contributed by atoms with Gasteiger partial charge in [0.2, 0.25) is 5.91 Å². The summed E-state index contributed by atoms with van der Waals surface area (Å²) in [6.07, 6.45) is 3.66. The second kappa shape index (κ2) is 11.7. The van der Waals surface area contributed by atoms with Crippen LogP contribution in [0, 0.1) is 0 Å². The van der Waals surface area contributed by atoms with Crippen LogP contribution in [0.1, 0.15) is 49.1 Å². The predicted octanol–water partition coefficient (Wildman–Crippen LogP) is 6.19. The number of hydrogen-bond acceptors (Lipinski definition) is 4. The highest BCUT2D eigenvalue weighted by Crippen LogP contribution is 2.27. The van der Waals surface area contributed by atoms with E-state index in [4.69, 9.17) is 5.11 Å². The van der Waals surface area contributed by atoms with Gasteiger partial charge in [-0.15, -0.1) is 0 Å². The van der Waals surface area contributed by atoms with Gasteiger partial charge in [-0.1, -0.05) is 48.6 Å². The number of benzene rings is 4. The van der Waals surface area contributed by atoms with Gasteiger partial charge in [0.1, 0.15) is 0 Å². The van der Waals surface area contributed by atoms with Crippen LogP contribution in [0.25, 0.3) is 12.2 Å². The van der Waals surface area contributed by atoms with E-state index in [-0.39, 0.29) is 28.3 Å². The Hall–Kier alpha value is -5.50. The maximum atomic E-state index is 12.9. The Morgan fingerprint density at radius 1 is 0.667 bits per heavy atom. The van der Waals surface area contributed by atoms with E-state index in [9.17, 15) is 24.3 Å². The van der Waals surface area contributed by atoms with Gasteiger partial charge >= 0.3 is 11.9 Å². The van der Waals surface area contributed by atoms with Crippen molar-refractivity contribution in [2.24, 2.45) is 0 Å². The lowest BCUT2D eigenvalue weighted by molar-refractivity contribution is -0.115. The van der Waals surface area contributed by atoms with Crippen LogP contribution in [0.15, 0.2) is 97.1 Å². The monoisotopic (exact) mass is 520 g/mol. The van der Waals surface area contributed by atoms with Crippen molar-refractivity contribution in [3.8, 4) is 0 Å². The average Bonchev–Trinajstić information content (AvgIpc) is 2.93. The minimum Gasteiger partial charge on any atom is -0.478 e. The summed E-state index contributed by atoms with van der Waals surface area (Å²) in [6.45, 7) is 1.37. The topological polar surface area (TPSA) is 124 Å². The second-order valence-corrected chi connectivity index (χ2v) is 8.56. The molecule has 0 bridgehead atoms. The summed E-state index contributed by atoms with van der Waals surface area (Å²) in [5.41, 5.74) is 3.03. The Balaban J connectivity index is 1.52. The van der Waals surface area contributed by atoms with Gasteiger partial charge in [-0.25, -0.2) is 9.59 Å². The molecule has 8 heteroatoms. The average molecular weight is 521 g/mol. The SMILES string of the molecule is CC(=O)N(c1ccc(C(=O)O)cc1)c1ccc(C(=O)Nc2ccc(C=Cc3ccccc3)cc2C(=O)O)cc1. The standard InChI is InChI=1S/C31H24N2O6/c1-20(34)33(26-16-12-24(13-17-26)30(36)37)25-14-10-23(11-15-25)29(35)32-28-18-9-22(19-27(28)31(38)39)8-7-21-5-3-2-4-6-21/h2-19H,1H3,(H,32,35)(H,36,37)(H,38,39). The molecule has 0 saturated heterocycles. The highest BCUT2D eigenvalue weighted by atomic mass is 16.4. The number of amides is 2. The summed E-state index contributed by atoms with van der Waals surface area (Å²) in [5, 5.41) is 21.5. The predicted molar refractivity (Wildman–Crippen MR) is 149 cm³/mol. The van der Waals surface area contributed by atoms with Gasteiger partial charge in [-0.3, -0.25) is 14.5 Å². The fourth-order valence-corrected chi connectivity index (χ4v) is 3.93. The van der Waals surface area contributed by atoms with Gasteiger partial charge in [-0.2, -0.15) is 0 Å². The quantitative estimate of drug-likeness (QED) is 0.238. The number of nitrogens with zero attached hydrogens (tertiary/aromatic N) is 1. The molecule has 8 nitrogen and oxygen atoms in total. The van der Waals surface area contributed by atoms with Crippen LogP contribution in [-0.4, -0.2) is 34.0 Å². The van der Waals surface area contributed by atoms with E-state index < -0.39 is 17.8 Å². The van der Waals surface area contributed by atoms with Gasteiger partial charge in [0.25, 0.3) is 5.91 Å². The number of carboxylic acid groups (broad SMARTS) is 2. The molecule has 3 N–H and O–H groups in total. The molecular weight excluding hydrogens is 496 g/mol. The first-order chi connectivity index (χ1) is 18.7. The molecular formula is C31H24N2O6. The van der Waals surface area contributed by atoms with E-state index in [0.29, 0.717) is 16.9 Å². The number of anilines is 3. The molecule has 0 unspecified atom stereocenters. The van der Waals surface area contributed by atoms with Crippen molar-refractivity contribution in [3.63, 3.8) is 0 Å². The largest absolute Gasteiger partial charge is 0.478 e. The fraction of sp³-hybridized carbons (Fsp3) is 0.0323. The molecule has 0 radical (unpaired) electrons. The second-order valence-electron chi connectivity index (χ2n) is 8.56. The lowest BCUT2D eigenvalue weighted by atomic mass is 10.1. The molecule has 0 saturated carbocycles. The van der Waals surface area contributed by atoms with Crippen molar-refractivity contribution >= 4 is 53.0 Å². The Morgan fingerprint density at radius 2 is 1.23 bits per heavy atom. The molecule has 4 aromatic carbocycles. The number of carbonyl (C=O) groups is 4. The highest BCUT2D eigenvalue weighted by Gasteiger charge is 2.17. The third kappa shape index (κ3) is 6.44.